The van der Waals surface area contributed by atoms with Crippen molar-refractivity contribution in [3.63, 3.8) is 0 Å². The molecule has 0 radical (unpaired) electrons. The highest BCUT2D eigenvalue weighted by atomic mass is 16.3. The molecule has 1 N–H and O–H groups in total. The third-order valence-corrected chi connectivity index (χ3v) is 12.8. The Balaban J connectivity index is 1.36. The Labute approximate surface area is 186 Å². The molecule has 1 nitrogen and oxygen atoms in total. The van der Waals surface area contributed by atoms with Crippen LogP contribution in [0.15, 0.2) is 12.2 Å². The van der Waals surface area contributed by atoms with Crippen molar-refractivity contribution in [3.05, 3.63) is 12.2 Å². The highest BCUT2D eigenvalue weighted by Crippen LogP contribution is 2.87. The van der Waals surface area contributed by atoms with Crippen molar-refractivity contribution >= 4 is 0 Å². The normalized spacial score (nSPS) is 53.7. The number of hydrogen-bond acceptors (Lipinski definition) is 1. The predicted molar refractivity (Wildman–Crippen MR) is 126 cm³/mol. The Morgan fingerprint density at radius 1 is 0.933 bits per heavy atom. The summed E-state index contributed by atoms with van der Waals surface area (Å²) in [7, 11) is 0. The number of aliphatic hydroxyl groups is 1. The lowest BCUT2D eigenvalue weighted by Gasteiger charge is -2.61. The number of allylic oxidation sites excluding steroid dienone is 1. The summed E-state index contributed by atoms with van der Waals surface area (Å²) in [6.45, 7) is 16.8. The van der Waals surface area contributed by atoms with Gasteiger partial charge in [-0.05, 0) is 135 Å². The van der Waals surface area contributed by atoms with Crippen LogP contribution in [0.1, 0.15) is 112 Å². The van der Waals surface area contributed by atoms with E-state index in [1.54, 1.807) is 0 Å². The van der Waals surface area contributed by atoms with E-state index in [0.29, 0.717) is 27.6 Å². The maximum atomic E-state index is 10.3. The van der Waals surface area contributed by atoms with Gasteiger partial charge in [0.2, 0.25) is 0 Å². The average Bonchev–Trinajstić information content (AvgIpc) is 3.28. The van der Waals surface area contributed by atoms with E-state index in [-0.39, 0.29) is 6.10 Å². The van der Waals surface area contributed by atoms with Crippen LogP contribution in [0.25, 0.3) is 0 Å². The molecule has 5 aliphatic carbocycles. The minimum absolute atomic E-state index is 0.00225. The van der Waals surface area contributed by atoms with Gasteiger partial charge in [0.15, 0.2) is 0 Å². The van der Waals surface area contributed by atoms with Crippen LogP contribution in [-0.2, 0) is 0 Å². The first-order valence-corrected chi connectivity index (χ1v) is 13.4. The van der Waals surface area contributed by atoms with Crippen molar-refractivity contribution in [2.45, 2.75) is 118 Å². The molecule has 30 heavy (non-hydrogen) atoms. The SMILES string of the molecule is C=C(C)[C@@H](C)CC[C@@H](C)[C@H]1CC[C@@]2(C)[C@@H]3CC[C@H]4C[C@@H](O)CC[C@@]45C[C@]35CC[C@]12C. The maximum Gasteiger partial charge on any atom is 0.0543 e. The van der Waals surface area contributed by atoms with Crippen molar-refractivity contribution < 1.29 is 5.11 Å². The van der Waals surface area contributed by atoms with E-state index in [0.717, 1.165) is 36.5 Å². The van der Waals surface area contributed by atoms with Gasteiger partial charge in [-0.3, -0.25) is 0 Å². The predicted octanol–water partition coefficient (Wildman–Crippen LogP) is 7.78. The third-order valence-electron chi connectivity index (χ3n) is 12.8. The van der Waals surface area contributed by atoms with Gasteiger partial charge < -0.3 is 5.11 Å². The van der Waals surface area contributed by atoms with Crippen molar-refractivity contribution in [2.75, 3.05) is 0 Å². The van der Waals surface area contributed by atoms with E-state index in [2.05, 4.69) is 41.2 Å². The molecular formula is C29H48O. The van der Waals surface area contributed by atoms with E-state index in [1.165, 1.54) is 69.8 Å². The van der Waals surface area contributed by atoms with Crippen LogP contribution in [0.3, 0.4) is 0 Å². The summed E-state index contributed by atoms with van der Waals surface area (Å²) in [4.78, 5) is 0. The van der Waals surface area contributed by atoms with Crippen LogP contribution in [0.2, 0.25) is 0 Å². The molecule has 0 saturated heterocycles. The van der Waals surface area contributed by atoms with Crippen LogP contribution >= 0.6 is 0 Å². The molecule has 170 valence electrons. The van der Waals surface area contributed by atoms with Gasteiger partial charge in [0.1, 0.15) is 0 Å². The lowest BCUT2D eigenvalue weighted by atomic mass is 9.43. The summed E-state index contributed by atoms with van der Waals surface area (Å²) in [6, 6.07) is 0. The number of hydrogen-bond donors (Lipinski definition) is 1. The molecule has 0 heterocycles. The highest BCUT2D eigenvalue weighted by Gasteiger charge is 2.80. The van der Waals surface area contributed by atoms with Gasteiger partial charge in [-0.25, -0.2) is 0 Å². The molecule has 0 amide bonds. The average molecular weight is 413 g/mol. The van der Waals surface area contributed by atoms with Crippen molar-refractivity contribution in [1.82, 2.24) is 0 Å². The fraction of sp³-hybridized carbons (Fsp3) is 0.931. The molecular weight excluding hydrogens is 364 g/mol. The first kappa shape index (κ1) is 21.5. The molecule has 5 rings (SSSR count). The number of aliphatic hydroxyl groups excluding tert-OH is 1. The van der Waals surface area contributed by atoms with Gasteiger partial charge in [0.05, 0.1) is 6.10 Å². The Kier molecular flexibility index (Phi) is 4.92. The Bertz CT molecular complexity index is 711. The quantitative estimate of drug-likeness (QED) is 0.457. The molecule has 2 spiro atoms. The molecule has 0 unspecified atom stereocenters. The zero-order chi connectivity index (χ0) is 21.5. The zero-order valence-corrected chi connectivity index (χ0v) is 20.6. The minimum atomic E-state index is -0.00225. The van der Waals surface area contributed by atoms with Crippen molar-refractivity contribution in [2.24, 2.45) is 51.2 Å². The van der Waals surface area contributed by atoms with E-state index in [9.17, 15) is 5.11 Å². The molecule has 5 fully saturated rings. The van der Waals surface area contributed by atoms with E-state index in [4.69, 9.17) is 0 Å². The van der Waals surface area contributed by atoms with E-state index >= 15 is 0 Å². The Hall–Kier alpha value is -0.300. The summed E-state index contributed by atoms with van der Waals surface area (Å²) in [5.74, 6) is 4.23. The zero-order valence-electron chi connectivity index (χ0n) is 20.6. The lowest BCUT2D eigenvalue weighted by molar-refractivity contribution is -0.133. The fourth-order valence-corrected chi connectivity index (χ4v) is 10.5. The van der Waals surface area contributed by atoms with Gasteiger partial charge in [0.25, 0.3) is 0 Å². The van der Waals surface area contributed by atoms with Crippen molar-refractivity contribution in [1.29, 1.82) is 0 Å². The van der Waals surface area contributed by atoms with E-state index < -0.39 is 0 Å². The molecule has 5 aliphatic rings. The monoisotopic (exact) mass is 412 g/mol. The second-order valence-corrected chi connectivity index (χ2v) is 13.5. The standard InChI is InChI=1S/C29H48O/c1-19(2)20(3)7-8-21(4)24-12-13-27(6)25-10-9-22-17-23(30)11-14-28(22)18-29(25,28)16-15-26(24,27)5/h20-25,30H,1,7-18H2,2-6H3/t20-,21+,22-,23-,24+,25-,26+,27-,28+,29+/m0/s1. The number of fused-ring (bicyclic) bond motifs is 2. The van der Waals surface area contributed by atoms with Gasteiger partial charge >= 0.3 is 0 Å². The third kappa shape index (κ3) is 2.63. The fourth-order valence-electron chi connectivity index (χ4n) is 10.5. The minimum Gasteiger partial charge on any atom is -0.393 e. The Morgan fingerprint density at radius 3 is 2.43 bits per heavy atom. The molecule has 0 aromatic carbocycles. The summed E-state index contributed by atoms with van der Waals surface area (Å²) in [6.07, 6.45) is 16.5. The molecule has 0 aliphatic heterocycles. The van der Waals surface area contributed by atoms with Gasteiger partial charge in [0, 0.05) is 0 Å². The number of rotatable bonds is 5. The lowest BCUT2D eigenvalue weighted by Crippen LogP contribution is -2.55. The molecule has 0 aromatic rings. The molecule has 0 bridgehead atoms. The van der Waals surface area contributed by atoms with Crippen LogP contribution in [0, 0.1) is 51.2 Å². The summed E-state index contributed by atoms with van der Waals surface area (Å²) < 4.78 is 0. The van der Waals surface area contributed by atoms with Crippen LogP contribution < -0.4 is 0 Å². The second kappa shape index (κ2) is 6.85. The Morgan fingerprint density at radius 2 is 1.70 bits per heavy atom. The maximum absolute atomic E-state index is 10.3. The second-order valence-electron chi connectivity index (χ2n) is 13.5. The van der Waals surface area contributed by atoms with Gasteiger partial charge in [-0.1, -0.05) is 39.8 Å². The summed E-state index contributed by atoms with van der Waals surface area (Å²) in [5, 5.41) is 10.3. The summed E-state index contributed by atoms with van der Waals surface area (Å²) >= 11 is 0. The highest BCUT2D eigenvalue weighted by molar-refractivity contribution is 5.29. The topological polar surface area (TPSA) is 20.2 Å². The van der Waals surface area contributed by atoms with Crippen molar-refractivity contribution in [3.8, 4) is 0 Å². The first-order chi connectivity index (χ1) is 14.1. The smallest absolute Gasteiger partial charge is 0.0543 e. The van der Waals surface area contributed by atoms with E-state index in [1.807, 2.05) is 0 Å². The molecule has 0 aromatic heterocycles. The van der Waals surface area contributed by atoms with Crippen LogP contribution in [0.4, 0.5) is 0 Å². The van der Waals surface area contributed by atoms with Crippen LogP contribution in [-0.4, -0.2) is 11.2 Å². The van der Waals surface area contributed by atoms with Gasteiger partial charge in [-0.2, -0.15) is 0 Å². The first-order valence-electron chi connectivity index (χ1n) is 13.4. The summed E-state index contributed by atoms with van der Waals surface area (Å²) in [5.41, 5.74) is 3.75. The molecule has 10 atom stereocenters. The van der Waals surface area contributed by atoms with Crippen LogP contribution in [0.5, 0.6) is 0 Å². The largest absolute Gasteiger partial charge is 0.393 e. The molecule has 1 heteroatoms. The molecule has 5 saturated carbocycles. The van der Waals surface area contributed by atoms with Gasteiger partial charge in [-0.15, -0.1) is 0 Å².